The summed E-state index contributed by atoms with van der Waals surface area (Å²) in [6.07, 6.45) is -5.52. The Hall–Kier alpha value is -5.17. The van der Waals surface area contributed by atoms with Crippen LogP contribution in [0.2, 0.25) is 0 Å². The maximum Gasteiger partial charge on any atom is 0.435 e. The molecule has 19 heteroatoms. The predicted octanol–water partition coefficient (Wildman–Crippen LogP) is 6.61. The molecule has 0 unspecified atom stereocenters. The van der Waals surface area contributed by atoms with Crippen molar-refractivity contribution in [3.8, 4) is 11.1 Å². The molecule has 5 aromatic rings. The minimum atomic E-state index is -5.12. The molecule has 0 spiro atoms. The number of carbonyl (C=O) groups excluding carboxylic acids is 2. The number of fused-ring (bicyclic) bond motifs is 2. The third-order valence-corrected chi connectivity index (χ3v) is 11.0. The van der Waals surface area contributed by atoms with Gasteiger partial charge in [0.15, 0.2) is 16.5 Å². The number of benzene rings is 2. The lowest BCUT2D eigenvalue weighted by Gasteiger charge is -2.43. The van der Waals surface area contributed by atoms with Crippen LogP contribution in [0.4, 0.5) is 40.3 Å². The average Bonchev–Trinajstić information content (AvgIpc) is 3.71. The molecule has 0 radical (unpaired) electrons. The van der Waals surface area contributed by atoms with Gasteiger partial charge in [-0.05, 0) is 60.7 Å². The van der Waals surface area contributed by atoms with Crippen LogP contribution < -0.4 is 16.0 Å². The summed E-state index contributed by atoms with van der Waals surface area (Å²) in [5, 5.41) is 16.7. The zero-order valence-electron chi connectivity index (χ0n) is 29.1. The maximum atomic E-state index is 15.5. The van der Waals surface area contributed by atoms with E-state index in [1.165, 1.54) is 24.3 Å². The molecule has 3 atom stereocenters. The summed E-state index contributed by atoms with van der Waals surface area (Å²) in [6, 6.07) is 6.12. The van der Waals surface area contributed by atoms with Gasteiger partial charge in [0, 0.05) is 23.1 Å². The Balaban J connectivity index is 1.36. The van der Waals surface area contributed by atoms with Gasteiger partial charge >= 0.3 is 6.18 Å². The number of aromatic nitrogens is 4. The summed E-state index contributed by atoms with van der Waals surface area (Å²) in [5.41, 5.74) is 1.02. The van der Waals surface area contributed by atoms with E-state index in [2.05, 4.69) is 15.4 Å². The normalized spacial score (nSPS) is 19.3. The number of β-amino-alcohol motifs (C(OH)–C–C–N with tert-alkyl or cyclic N) is 1. The highest BCUT2D eigenvalue weighted by Gasteiger charge is 2.57. The number of halogens is 8. The lowest BCUT2D eigenvalue weighted by molar-refractivity contribution is -0.143. The SMILES string of the molecule is C[C@@H]1c2c(C(F)(F)F)nn(CC(=O)N[C@@H](Cc3cc(F)cc(F)c3)c3nc4nc(N5CC(C)(O)C5)sc4cc3-c3ccc(F)c(C(N)=O)c3)c2C(F)(F)[C@@H]1C. The molecule has 2 aromatic carbocycles. The van der Waals surface area contributed by atoms with Crippen molar-refractivity contribution in [2.75, 3.05) is 18.0 Å². The second-order valence-corrected chi connectivity index (χ2v) is 15.2. The Kier molecular flexibility index (Phi) is 9.18. The topological polar surface area (TPSA) is 139 Å². The van der Waals surface area contributed by atoms with E-state index in [1.807, 2.05) is 0 Å². The first-order valence-electron chi connectivity index (χ1n) is 16.8. The van der Waals surface area contributed by atoms with Crippen LogP contribution in [0.25, 0.3) is 21.5 Å². The number of anilines is 1. The van der Waals surface area contributed by atoms with E-state index in [1.54, 1.807) is 17.9 Å². The average molecular weight is 794 g/mol. The van der Waals surface area contributed by atoms with Crippen molar-refractivity contribution in [1.82, 2.24) is 25.1 Å². The summed E-state index contributed by atoms with van der Waals surface area (Å²) in [6.45, 7) is 3.34. The van der Waals surface area contributed by atoms with Crippen LogP contribution >= 0.6 is 11.3 Å². The minimum Gasteiger partial charge on any atom is -0.386 e. The van der Waals surface area contributed by atoms with Crippen molar-refractivity contribution in [3.63, 3.8) is 0 Å². The number of hydrogen-bond acceptors (Lipinski definition) is 8. The fourth-order valence-corrected chi connectivity index (χ4v) is 8.16. The molecule has 0 saturated carbocycles. The number of nitrogens with one attached hydrogen (secondary N) is 1. The van der Waals surface area contributed by atoms with Gasteiger partial charge in [-0.25, -0.2) is 18.2 Å². The fraction of sp³-hybridized carbons (Fsp3) is 0.361. The van der Waals surface area contributed by atoms with Gasteiger partial charge in [0.25, 0.3) is 11.8 Å². The number of alkyl halides is 5. The summed E-state index contributed by atoms with van der Waals surface area (Å²) in [4.78, 5) is 37.0. The first-order valence-corrected chi connectivity index (χ1v) is 17.6. The lowest BCUT2D eigenvalue weighted by Crippen LogP contribution is -2.60. The Morgan fingerprint density at radius 3 is 2.35 bits per heavy atom. The van der Waals surface area contributed by atoms with Crippen LogP contribution in [0.1, 0.15) is 71.3 Å². The number of nitrogens with two attached hydrogens (primary N) is 1. The molecular weight excluding hydrogens is 762 g/mol. The molecule has 55 heavy (non-hydrogen) atoms. The molecule has 3 aromatic heterocycles. The van der Waals surface area contributed by atoms with E-state index < -0.39 is 100 Å². The molecular formula is C36H31F8N7O3S. The smallest absolute Gasteiger partial charge is 0.386 e. The summed E-state index contributed by atoms with van der Waals surface area (Å²) in [5.74, 6) is -11.7. The summed E-state index contributed by atoms with van der Waals surface area (Å²) in [7, 11) is 0. The van der Waals surface area contributed by atoms with Crippen LogP contribution in [-0.4, -0.2) is 55.4 Å². The van der Waals surface area contributed by atoms with Crippen LogP contribution in [0.15, 0.2) is 42.5 Å². The predicted molar refractivity (Wildman–Crippen MR) is 184 cm³/mol. The van der Waals surface area contributed by atoms with Gasteiger partial charge in [0.2, 0.25) is 5.91 Å². The molecule has 1 fully saturated rings. The fourth-order valence-electron chi connectivity index (χ4n) is 7.21. The lowest BCUT2D eigenvalue weighted by atomic mass is 9.94. The number of nitrogens with zero attached hydrogens (tertiary/aromatic N) is 5. The monoisotopic (exact) mass is 793 g/mol. The highest BCUT2D eigenvalue weighted by atomic mass is 32.1. The molecule has 1 saturated heterocycles. The molecule has 4 heterocycles. The molecule has 1 aliphatic heterocycles. The van der Waals surface area contributed by atoms with Crippen molar-refractivity contribution in [1.29, 1.82) is 0 Å². The minimum absolute atomic E-state index is 0.0112. The van der Waals surface area contributed by atoms with Gasteiger partial charge in [-0.2, -0.15) is 32.0 Å². The largest absolute Gasteiger partial charge is 0.435 e. The Morgan fingerprint density at radius 1 is 1.05 bits per heavy atom. The van der Waals surface area contributed by atoms with Gasteiger partial charge < -0.3 is 21.1 Å². The van der Waals surface area contributed by atoms with Gasteiger partial charge in [0.05, 0.1) is 40.7 Å². The van der Waals surface area contributed by atoms with Crippen molar-refractivity contribution in [2.24, 2.45) is 11.7 Å². The maximum absolute atomic E-state index is 15.5. The third kappa shape index (κ3) is 6.98. The van der Waals surface area contributed by atoms with E-state index in [9.17, 15) is 41.0 Å². The molecule has 2 aliphatic rings. The molecule has 1 aliphatic carbocycles. The molecule has 4 N–H and O–H groups in total. The zero-order chi connectivity index (χ0) is 39.9. The quantitative estimate of drug-likeness (QED) is 0.143. The Bertz CT molecular complexity index is 2350. The second-order valence-electron chi connectivity index (χ2n) is 14.2. The highest BCUT2D eigenvalue weighted by Crippen LogP contribution is 2.55. The number of carbonyl (C=O) groups is 2. The molecule has 290 valence electrons. The molecule has 0 bridgehead atoms. The van der Waals surface area contributed by atoms with Crippen LogP contribution in [0.3, 0.4) is 0 Å². The van der Waals surface area contributed by atoms with Crippen molar-refractivity contribution in [2.45, 2.75) is 63.4 Å². The molecule has 10 nitrogen and oxygen atoms in total. The summed E-state index contributed by atoms with van der Waals surface area (Å²) < 4.78 is 118. The highest BCUT2D eigenvalue weighted by molar-refractivity contribution is 7.22. The third-order valence-electron chi connectivity index (χ3n) is 9.95. The Morgan fingerprint density at radius 2 is 1.73 bits per heavy atom. The molecule has 2 amide bonds. The number of rotatable bonds is 9. The van der Waals surface area contributed by atoms with Gasteiger partial charge in [-0.1, -0.05) is 31.3 Å². The zero-order valence-corrected chi connectivity index (χ0v) is 29.9. The van der Waals surface area contributed by atoms with Crippen molar-refractivity contribution < 1.29 is 49.8 Å². The van der Waals surface area contributed by atoms with E-state index in [-0.39, 0.29) is 41.1 Å². The number of aliphatic hydroxyl groups is 1. The van der Waals surface area contributed by atoms with E-state index >= 15 is 8.78 Å². The van der Waals surface area contributed by atoms with Crippen molar-refractivity contribution >= 4 is 38.6 Å². The van der Waals surface area contributed by atoms with Crippen LogP contribution in [0.5, 0.6) is 0 Å². The van der Waals surface area contributed by atoms with E-state index in [4.69, 9.17) is 10.7 Å². The number of thiazole rings is 1. The first kappa shape index (κ1) is 38.1. The van der Waals surface area contributed by atoms with E-state index in [0.29, 0.717) is 20.6 Å². The van der Waals surface area contributed by atoms with Crippen LogP contribution in [-0.2, 0) is 29.9 Å². The first-order chi connectivity index (χ1) is 25.6. The second kappa shape index (κ2) is 13.2. The number of amides is 2. The van der Waals surface area contributed by atoms with Gasteiger partial charge in [-0.3, -0.25) is 14.3 Å². The number of hydrogen-bond donors (Lipinski definition) is 3. The van der Waals surface area contributed by atoms with Gasteiger partial charge in [-0.15, -0.1) is 0 Å². The van der Waals surface area contributed by atoms with Crippen LogP contribution in [0, 0.1) is 23.4 Å². The van der Waals surface area contributed by atoms with Crippen molar-refractivity contribution in [3.05, 3.63) is 93.7 Å². The number of pyridine rings is 1. The van der Waals surface area contributed by atoms with Gasteiger partial charge in [0.1, 0.15) is 29.7 Å². The Labute approximate surface area is 311 Å². The van der Waals surface area contributed by atoms with E-state index in [0.717, 1.165) is 31.2 Å². The summed E-state index contributed by atoms with van der Waals surface area (Å²) >= 11 is 1.18. The number of primary amides is 1. The standard InChI is InChI=1S/C36H31F8N7O3S/c1-15-16(2)35(40,41)30-27(15)29(36(42,43)44)49-51(30)12-26(52)46-24(8-17-6-19(37)10-20(38)7-17)28-21(18-4-5-23(39)22(9-18)31(45)53)11-25-32(47-28)48-33(55-25)50-13-34(3,54)14-50/h4-7,9-11,15-16,24,54H,8,12-14H2,1-3H3,(H2,45,53)(H,46,52)/t15-,16+,24-/m0/s1. The molecule has 7 rings (SSSR count).